The molecule has 6 amide bonds. The maximum absolute atomic E-state index is 13.8. The van der Waals surface area contributed by atoms with Crippen LogP contribution in [0.2, 0.25) is 0 Å². The van der Waals surface area contributed by atoms with Gasteiger partial charge in [0.05, 0.1) is 22.7 Å². The molecule has 0 spiro atoms. The number of benzene rings is 6. The quantitative estimate of drug-likeness (QED) is 0.0489. The molecule has 31 heteroatoms. The minimum atomic E-state index is -5.11. The third kappa shape index (κ3) is 13.3. The first-order chi connectivity index (χ1) is 37.7. The molecule has 10 N–H and O–H groups in total. The second-order valence-electron chi connectivity index (χ2n) is 18.5. The second kappa shape index (κ2) is 23.4. The minimum Gasteiger partial charge on any atom is -1.00 e. The molecule has 2 aliphatic rings. The van der Waals surface area contributed by atoms with Crippen LogP contribution in [0.1, 0.15) is 82.3 Å². The largest absolute Gasteiger partial charge is 1.00 e. The number of anilines is 6. The number of hydrogen-bond donors (Lipinski definition) is 10. The summed E-state index contributed by atoms with van der Waals surface area (Å²) in [6, 6.07) is 24.5. The molecule has 416 valence electrons. The Kier molecular flexibility index (Phi) is 17.5. The molecule has 2 fully saturated rings. The molecule has 6 aromatic carbocycles. The molecule has 0 unspecified atom stereocenters. The summed E-state index contributed by atoms with van der Waals surface area (Å²) in [6.07, 6.45) is 5.73. The zero-order chi connectivity index (χ0) is 57.2. The first-order valence-electron chi connectivity index (χ1n) is 23.7. The van der Waals surface area contributed by atoms with Crippen LogP contribution in [-0.4, -0.2) is 90.7 Å². The number of fused-ring (bicyclic) bond motifs is 2. The molecule has 2 aliphatic carbocycles. The number of nitrogens with zero attached hydrogens (tertiary/aromatic N) is 2. The SMILES string of the molecule is O=C(Nc1cccc(C(=O)Nc2cc(C(=O)Nc3ccc4c(S(=O)(=O)O)cccc4c3S(=O)(=O)O)n(C3CC3)c2)c1)Nc1cccc(C(=O)Nc2cc(C(=O)Nc3ccc4c(S(=O)(=O)O)cccc4c3S(=O)(=O)O)n(C3CC3)c2)c1.[H-].[H-].[Na+].[Na+]. The van der Waals surface area contributed by atoms with E-state index in [2.05, 4.69) is 31.9 Å². The Hall–Kier alpha value is -6.81. The molecule has 2 heterocycles. The van der Waals surface area contributed by atoms with Gasteiger partial charge in [0, 0.05) is 68.5 Å². The van der Waals surface area contributed by atoms with Crippen molar-refractivity contribution in [1.82, 2.24) is 9.13 Å². The van der Waals surface area contributed by atoms with Crippen LogP contribution < -0.4 is 91.0 Å². The normalized spacial score (nSPS) is 13.5. The number of aromatic nitrogens is 2. The van der Waals surface area contributed by atoms with Gasteiger partial charge in [-0.2, -0.15) is 33.7 Å². The summed E-state index contributed by atoms with van der Waals surface area (Å²) in [5, 5.41) is 14.5. The van der Waals surface area contributed by atoms with E-state index in [1.54, 1.807) is 9.13 Å². The van der Waals surface area contributed by atoms with Crippen molar-refractivity contribution in [1.29, 1.82) is 0 Å². The van der Waals surface area contributed by atoms with E-state index in [1.807, 2.05) is 0 Å². The molecule has 0 saturated heterocycles. The van der Waals surface area contributed by atoms with E-state index >= 15 is 0 Å². The predicted molar refractivity (Wildman–Crippen MR) is 292 cm³/mol. The number of nitrogens with one attached hydrogen (secondary N) is 6. The average molecular weight is 1220 g/mol. The van der Waals surface area contributed by atoms with E-state index in [0.29, 0.717) is 25.7 Å². The topological polar surface area (TPSA) is 385 Å². The van der Waals surface area contributed by atoms with Crippen LogP contribution in [-0.2, 0) is 40.5 Å². The zero-order valence-corrected chi connectivity index (χ0v) is 50.1. The molecule has 10 rings (SSSR count). The Morgan fingerprint density at radius 1 is 0.402 bits per heavy atom. The van der Waals surface area contributed by atoms with Gasteiger partial charge in [-0.25, -0.2) is 4.79 Å². The summed E-state index contributed by atoms with van der Waals surface area (Å²) >= 11 is 0. The predicted octanol–water partition coefficient (Wildman–Crippen LogP) is 2.14. The van der Waals surface area contributed by atoms with Crippen molar-refractivity contribution < 1.29 is 138 Å². The van der Waals surface area contributed by atoms with Gasteiger partial charge in [-0.1, -0.05) is 48.5 Å². The first-order valence-corrected chi connectivity index (χ1v) is 29.5. The Bertz CT molecular complexity index is 4200. The third-order valence-electron chi connectivity index (χ3n) is 12.8. The van der Waals surface area contributed by atoms with Crippen molar-refractivity contribution in [2.75, 3.05) is 31.9 Å². The summed E-state index contributed by atoms with van der Waals surface area (Å²) in [5.41, 5.74) is 0.0393. The molecule has 82 heavy (non-hydrogen) atoms. The van der Waals surface area contributed by atoms with Crippen LogP contribution >= 0.6 is 0 Å². The fourth-order valence-corrected chi connectivity index (χ4v) is 12.2. The first kappa shape index (κ1) is 61.3. The van der Waals surface area contributed by atoms with Crippen LogP contribution in [0.25, 0.3) is 21.5 Å². The molecule has 8 aromatic rings. The van der Waals surface area contributed by atoms with Gasteiger partial charge in [0.1, 0.15) is 31.0 Å². The van der Waals surface area contributed by atoms with Crippen LogP contribution in [0.5, 0.6) is 0 Å². The van der Waals surface area contributed by atoms with Crippen LogP contribution in [0.3, 0.4) is 0 Å². The second-order valence-corrected chi connectivity index (χ2v) is 24.0. The van der Waals surface area contributed by atoms with Crippen molar-refractivity contribution in [2.45, 2.75) is 57.3 Å². The van der Waals surface area contributed by atoms with Gasteiger partial charge in [-0.15, -0.1) is 0 Å². The van der Waals surface area contributed by atoms with Gasteiger partial charge in [-0.3, -0.25) is 37.4 Å². The molecule has 2 aromatic heterocycles. The van der Waals surface area contributed by atoms with Crippen molar-refractivity contribution in [3.8, 4) is 0 Å². The maximum atomic E-state index is 13.8. The number of hydrogen-bond acceptors (Lipinski definition) is 13. The van der Waals surface area contributed by atoms with Gasteiger partial charge in [0.2, 0.25) is 0 Å². The minimum absolute atomic E-state index is 0. The van der Waals surface area contributed by atoms with Crippen molar-refractivity contribution >= 4 is 126 Å². The number of urea groups is 1. The zero-order valence-electron chi connectivity index (χ0n) is 44.8. The molecular formula is C51H44N8Na2O17S4. The molecule has 0 bridgehead atoms. The van der Waals surface area contributed by atoms with E-state index in [-0.39, 0.29) is 141 Å². The smallest absolute Gasteiger partial charge is 1.00 e. The monoisotopic (exact) mass is 1210 g/mol. The third-order valence-corrected chi connectivity index (χ3v) is 16.6. The fraction of sp³-hybridized carbons (Fsp3) is 0.118. The Morgan fingerprint density at radius 3 is 1.11 bits per heavy atom. The number of carbonyl (C=O) groups is 5. The number of carbonyl (C=O) groups excluding carboxylic acids is 5. The molecular weight excluding hydrogens is 1170 g/mol. The Balaban J connectivity index is 0.00000283. The van der Waals surface area contributed by atoms with Crippen LogP contribution in [0.15, 0.2) is 153 Å². The van der Waals surface area contributed by atoms with E-state index in [4.69, 9.17) is 0 Å². The Morgan fingerprint density at radius 2 is 0.768 bits per heavy atom. The van der Waals surface area contributed by atoms with Crippen LogP contribution in [0, 0.1) is 0 Å². The van der Waals surface area contributed by atoms with E-state index in [1.165, 1.54) is 85.2 Å². The Labute approximate surface area is 513 Å². The standard InChI is InChI=1S/C51H42N8O17S4.2Na.2H/c60-47(52-31-23-41(58(25-31)33-13-14-33)49(62)56-39-19-17-35-37(45(39)79(71,72)73)9-3-11-43(35)77(65,66)67)27-5-1-7-29(21-27)54-51(64)55-30-8-2-6-28(22-30)48(61)53-32-24-42(59(26-32)34-15-16-34)50(63)57-40-20-18-36-38(46(40)80(74,75)76)10-4-12-44(36)78(68,69)70;;;;/h1-12,17-26,33-34H,13-16H2,(H,52,60)(H,53,61)(H,56,62)(H,57,63)(H2,54,55,64)(H,65,66,67)(H,68,69,70)(H,71,72,73)(H,74,75,76);;;;/q;2*+1;2*-1. The fourth-order valence-electron chi connectivity index (χ4n) is 9.12. The molecule has 0 radical (unpaired) electrons. The molecule has 0 aliphatic heterocycles. The maximum Gasteiger partial charge on any atom is 1.00 e. The molecule has 0 atom stereocenters. The molecule has 25 nitrogen and oxygen atoms in total. The summed E-state index contributed by atoms with van der Waals surface area (Å²) in [4.78, 5) is 65.1. The van der Waals surface area contributed by atoms with Gasteiger partial charge >= 0.3 is 65.1 Å². The van der Waals surface area contributed by atoms with Crippen molar-refractivity contribution in [2.24, 2.45) is 0 Å². The van der Waals surface area contributed by atoms with Crippen LogP contribution in [0.4, 0.5) is 38.9 Å². The van der Waals surface area contributed by atoms with Gasteiger partial charge in [-0.05, 0) is 98.5 Å². The van der Waals surface area contributed by atoms with Gasteiger partial charge in [0.25, 0.3) is 64.1 Å². The summed E-state index contributed by atoms with van der Waals surface area (Å²) < 4.78 is 142. The summed E-state index contributed by atoms with van der Waals surface area (Å²) in [7, 11) is -19.9. The summed E-state index contributed by atoms with van der Waals surface area (Å²) in [6.45, 7) is 0. The van der Waals surface area contributed by atoms with E-state index in [0.717, 1.165) is 48.5 Å². The van der Waals surface area contributed by atoms with E-state index < -0.39 is 101 Å². The van der Waals surface area contributed by atoms with Gasteiger partial charge < -0.3 is 43.9 Å². The van der Waals surface area contributed by atoms with Gasteiger partial charge in [0.15, 0.2) is 0 Å². The van der Waals surface area contributed by atoms with E-state index in [9.17, 15) is 75.9 Å². The average Bonchev–Trinajstić information content (AvgIpc) is 4.04. The summed E-state index contributed by atoms with van der Waals surface area (Å²) in [5.74, 6) is -2.99. The number of amides is 6. The van der Waals surface area contributed by atoms with Crippen molar-refractivity contribution in [3.05, 3.63) is 156 Å². The van der Waals surface area contributed by atoms with Crippen molar-refractivity contribution in [3.63, 3.8) is 0 Å². The number of rotatable bonds is 16. The molecule has 2 saturated carbocycles.